The molecule has 120 valence electrons. The second-order valence-electron chi connectivity index (χ2n) is 5.06. The average Bonchev–Trinajstić information content (AvgIpc) is 3.22. The molecule has 0 unspecified atom stereocenters. The molecule has 3 heterocycles. The molecule has 0 radical (unpaired) electrons. The number of aromatic nitrogens is 4. The van der Waals surface area contributed by atoms with E-state index in [2.05, 4.69) is 20.6 Å². The average molecular weight is 327 g/mol. The number of nitrogens with one attached hydrogen (secondary N) is 2. The second kappa shape index (κ2) is 5.30. The standard InChI is InChI=1S/C15H10FN5O3/c16-8-3-4-11-10(6-8)14(22)18-13-12(19-20-21(11)13)15(23)17-7-9-2-1-5-24-9/h1-6,20H,7H2,(H,17,23). The number of hydrogen-bond donors (Lipinski definition) is 2. The van der Waals surface area contributed by atoms with Crippen LogP contribution in [0.25, 0.3) is 16.6 Å². The third-order valence-corrected chi connectivity index (χ3v) is 3.54. The van der Waals surface area contributed by atoms with Gasteiger partial charge in [-0.1, -0.05) is 0 Å². The third-order valence-electron chi connectivity index (χ3n) is 3.54. The molecular formula is C15H10FN5O3. The molecule has 1 aromatic carbocycles. The van der Waals surface area contributed by atoms with Crippen molar-refractivity contribution in [3.63, 3.8) is 0 Å². The van der Waals surface area contributed by atoms with E-state index < -0.39 is 17.3 Å². The maximum absolute atomic E-state index is 13.3. The predicted molar refractivity (Wildman–Crippen MR) is 80.9 cm³/mol. The lowest BCUT2D eigenvalue weighted by Gasteiger charge is -2.02. The normalized spacial score (nSPS) is 11.2. The van der Waals surface area contributed by atoms with Gasteiger partial charge in [0.2, 0.25) is 0 Å². The molecule has 4 aromatic rings. The molecule has 0 atom stereocenters. The summed E-state index contributed by atoms with van der Waals surface area (Å²) in [6.07, 6.45) is 1.50. The molecule has 0 saturated heterocycles. The highest BCUT2D eigenvalue weighted by molar-refractivity contribution is 5.98. The Labute approximate surface area is 132 Å². The molecule has 0 aliphatic heterocycles. The van der Waals surface area contributed by atoms with Crippen molar-refractivity contribution in [1.82, 2.24) is 25.1 Å². The monoisotopic (exact) mass is 327 g/mol. The number of halogens is 1. The van der Waals surface area contributed by atoms with Gasteiger partial charge in [0.25, 0.3) is 11.5 Å². The Balaban J connectivity index is 1.77. The fourth-order valence-corrected chi connectivity index (χ4v) is 2.42. The fraction of sp³-hybridized carbons (Fsp3) is 0.0667. The molecule has 0 aliphatic carbocycles. The molecule has 1 amide bonds. The summed E-state index contributed by atoms with van der Waals surface area (Å²) in [5, 5.41) is 9.24. The molecular weight excluding hydrogens is 317 g/mol. The molecule has 8 nitrogen and oxygen atoms in total. The number of nitrogens with zero attached hydrogens (tertiary/aromatic N) is 3. The van der Waals surface area contributed by atoms with Gasteiger partial charge < -0.3 is 9.73 Å². The second-order valence-corrected chi connectivity index (χ2v) is 5.06. The zero-order valence-electron chi connectivity index (χ0n) is 12.1. The summed E-state index contributed by atoms with van der Waals surface area (Å²) in [6, 6.07) is 7.15. The minimum Gasteiger partial charge on any atom is -0.467 e. The van der Waals surface area contributed by atoms with Gasteiger partial charge in [0.15, 0.2) is 11.3 Å². The minimum absolute atomic E-state index is 0.0371. The maximum Gasteiger partial charge on any atom is 0.281 e. The van der Waals surface area contributed by atoms with Gasteiger partial charge in [-0.15, -0.1) is 5.10 Å². The molecule has 4 rings (SSSR count). The molecule has 2 N–H and O–H groups in total. The summed E-state index contributed by atoms with van der Waals surface area (Å²) in [4.78, 5) is 28.2. The summed E-state index contributed by atoms with van der Waals surface area (Å²) < 4.78 is 19.8. The lowest BCUT2D eigenvalue weighted by molar-refractivity contribution is 0.0944. The number of carbonyl (C=O) groups is 1. The topological polar surface area (TPSA) is 105 Å². The van der Waals surface area contributed by atoms with E-state index in [9.17, 15) is 14.0 Å². The van der Waals surface area contributed by atoms with E-state index in [0.717, 1.165) is 6.07 Å². The highest BCUT2D eigenvalue weighted by Gasteiger charge is 2.18. The first-order valence-electron chi connectivity index (χ1n) is 7.00. The van der Waals surface area contributed by atoms with Crippen LogP contribution in [0.1, 0.15) is 16.2 Å². The number of rotatable bonds is 3. The van der Waals surface area contributed by atoms with Crippen LogP contribution in [0.4, 0.5) is 4.39 Å². The van der Waals surface area contributed by atoms with Gasteiger partial charge in [-0.05, 0) is 30.3 Å². The Bertz CT molecular complexity index is 1110. The molecule has 24 heavy (non-hydrogen) atoms. The van der Waals surface area contributed by atoms with E-state index in [0.29, 0.717) is 11.3 Å². The van der Waals surface area contributed by atoms with Gasteiger partial charge in [0, 0.05) is 0 Å². The lowest BCUT2D eigenvalue weighted by atomic mass is 10.2. The van der Waals surface area contributed by atoms with Gasteiger partial charge in [0.05, 0.1) is 23.7 Å². The number of furan rings is 1. The Morgan fingerprint density at radius 2 is 2.25 bits per heavy atom. The van der Waals surface area contributed by atoms with Crippen LogP contribution in [0.2, 0.25) is 0 Å². The summed E-state index contributed by atoms with van der Waals surface area (Å²) in [7, 11) is 0. The number of amides is 1. The summed E-state index contributed by atoms with van der Waals surface area (Å²) >= 11 is 0. The van der Waals surface area contributed by atoms with Crippen LogP contribution in [-0.4, -0.2) is 25.7 Å². The summed E-state index contributed by atoms with van der Waals surface area (Å²) in [6.45, 7) is 0.174. The predicted octanol–water partition coefficient (Wildman–Crippen LogP) is 1.23. The highest BCUT2D eigenvalue weighted by Crippen LogP contribution is 2.14. The van der Waals surface area contributed by atoms with Crippen molar-refractivity contribution in [2.45, 2.75) is 6.54 Å². The van der Waals surface area contributed by atoms with E-state index >= 15 is 0 Å². The molecule has 9 heteroatoms. The maximum atomic E-state index is 13.3. The van der Waals surface area contributed by atoms with Crippen molar-refractivity contribution in [2.75, 3.05) is 0 Å². The van der Waals surface area contributed by atoms with Crippen molar-refractivity contribution in [3.8, 4) is 0 Å². The van der Waals surface area contributed by atoms with Crippen molar-refractivity contribution in [3.05, 3.63) is 64.2 Å². The van der Waals surface area contributed by atoms with E-state index in [1.54, 1.807) is 12.1 Å². The SMILES string of the molecule is O=C(NCc1ccco1)c1n[nH]n2c1nc(=O)c1cc(F)ccc12. The molecule has 0 spiro atoms. The van der Waals surface area contributed by atoms with Crippen LogP contribution in [0.3, 0.4) is 0 Å². The molecule has 0 saturated carbocycles. The highest BCUT2D eigenvalue weighted by atomic mass is 19.1. The molecule has 0 aliphatic rings. The number of hydrogen-bond acceptors (Lipinski definition) is 5. The first kappa shape index (κ1) is 14.1. The molecule has 0 bridgehead atoms. The van der Waals surface area contributed by atoms with Gasteiger partial charge in [-0.3, -0.25) is 9.59 Å². The van der Waals surface area contributed by atoms with Crippen LogP contribution >= 0.6 is 0 Å². The number of carbonyl (C=O) groups excluding carboxylic acids is 1. The van der Waals surface area contributed by atoms with Gasteiger partial charge in [0.1, 0.15) is 11.6 Å². The lowest BCUT2D eigenvalue weighted by Crippen LogP contribution is -2.24. The van der Waals surface area contributed by atoms with Crippen LogP contribution < -0.4 is 10.9 Å². The van der Waals surface area contributed by atoms with E-state index in [1.165, 1.54) is 22.9 Å². The Morgan fingerprint density at radius 1 is 1.38 bits per heavy atom. The summed E-state index contributed by atoms with van der Waals surface area (Å²) in [5.74, 6) is -0.481. The minimum atomic E-state index is -0.633. The Kier molecular flexibility index (Phi) is 3.12. The number of benzene rings is 1. The zero-order chi connectivity index (χ0) is 16.7. The summed E-state index contributed by atoms with van der Waals surface area (Å²) in [5.41, 5.74) is -0.226. The first-order chi connectivity index (χ1) is 11.6. The third kappa shape index (κ3) is 2.22. The van der Waals surface area contributed by atoms with Crippen LogP contribution in [-0.2, 0) is 6.54 Å². The number of H-pyrrole nitrogens is 1. The van der Waals surface area contributed by atoms with Crippen molar-refractivity contribution in [2.24, 2.45) is 0 Å². The number of fused-ring (bicyclic) bond motifs is 3. The largest absolute Gasteiger partial charge is 0.467 e. The van der Waals surface area contributed by atoms with Gasteiger partial charge in [-0.25, -0.2) is 14.1 Å². The van der Waals surface area contributed by atoms with Crippen molar-refractivity contribution < 1.29 is 13.6 Å². The van der Waals surface area contributed by atoms with E-state index in [-0.39, 0.29) is 23.3 Å². The van der Waals surface area contributed by atoms with E-state index in [1.807, 2.05) is 0 Å². The molecule has 3 aromatic heterocycles. The Hall–Kier alpha value is -3.49. The Morgan fingerprint density at radius 3 is 3.04 bits per heavy atom. The molecule has 0 fully saturated rings. The first-order valence-corrected chi connectivity index (χ1v) is 7.00. The van der Waals surface area contributed by atoms with Crippen LogP contribution in [0.15, 0.2) is 45.8 Å². The van der Waals surface area contributed by atoms with E-state index in [4.69, 9.17) is 4.42 Å². The number of aromatic amines is 1. The fourth-order valence-electron chi connectivity index (χ4n) is 2.42. The van der Waals surface area contributed by atoms with Gasteiger partial charge in [-0.2, -0.15) is 4.98 Å². The zero-order valence-corrected chi connectivity index (χ0v) is 12.1. The van der Waals surface area contributed by atoms with Gasteiger partial charge >= 0.3 is 0 Å². The quantitative estimate of drug-likeness (QED) is 0.589. The van der Waals surface area contributed by atoms with Crippen molar-refractivity contribution >= 4 is 22.5 Å². The van der Waals surface area contributed by atoms with Crippen LogP contribution in [0.5, 0.6) is 0 Å². The smallest absolute Gasteiger partial charge is 0.281 e. The van der Waals surface area contributed by atoms with Crippen molar-refractivity contribution in [1.29, 1.82) is 0 Å². The van der Waals surface area contributed by atoms with Crippen LogP contribution in [0, 0.1) is 5.82 Å².